The van der Waals surface area contributed by atoms with Gasteiger partial charge in [-0.25, -0.2) is 4.99 Å². The molecule has 0 aliphatic carbocycles. The second-order valence-electron chi connectivity index (χ2n) is 5.66. The fourth-order valence-corrected chi connectivity index (χ4v) is 3.16. The van der Waals surface area contributed by atoms with Crippen molar-refractivity contribution in [3.8, 4) is 0 Å². The summed E-state index contributed by atoms with van der Waals surface area (Å²) in [4.78, 5) is 14.1. The lowest BCUT2D eigenvalue weighted by Gasteiger charge is -2.36. The van der Waals surface area contributed by atoms with Gasteiger partial charge in [-0.05, 0) is 32.2 Å². The summed E-state index contributed by atoms with van der Waals surface area (Å²) in [7, 11) is 3.99. The lowest BCUT2D eigenvalue weighted by molar-refractivity contribution is 0.217. The predicted octanol–water partition coefficient (Wildman–Crippen LogP) is 3.11. The van der Waals surface area contributed by atoms with Crippen LogP contribution in [-0.2, 0) is 0 Å². The second kappa shape index (κ2) is 6.23. The molecule has 2 aliphatic heterocycles. The Morgan fingerprint density at radius 3 is 2.59 bits per heavy atom. The van der Waals surface area contributed by atoms with Crippen molar-refractivity contribution >= 4 is 34.4 Å². The SMILES string of the molecule is CC=C1C(=NC)C(N2CCN(C)CC2)=Nc2ccc(Cl)cc21. The van der Waals surface area contributed by atoms with Gasteiger partial charge < -0.3 is 9.80 Å². The van der Waals surface area contributed by atoms with Gasteiger partial charge in [-0.1, -0.05) is 17.7 Å². The molecule has 0 spiro atoms. The number of nitrogens with zero attached hydrogens (tertiary/aromatic N) is 4. The number of hydrogen-bond donors (Lipinski definition) is 0. The van der Waals surface area contributed by atoms with Gasteiger partial charge in [-0.3, -0.25) is 4.99 Å². The van der Waals surface area contributed by atoms with Crippen LogP contribution in [0.15, 0.2) is 34.3 Å². The highest BCUT2D eigenvalue weighted by atomic mass is 35.5. The molecule has 2 aliphatic rings. The molecule has 0 bridgehead atoms. The summed E-state index contributed by atoms with van der Waals surface area (Å²) in [5, 5.41) is 0.729. The van der Waals surface area contributed by atoms with E-state index in [9.17, 15) is 0 Å². The Balaban J connectivity index is 2.07. The number of hydrogen-bond acceptors (Lipinski definition) is 4. The first-order valence-corrected chi connectivity index (χ1v) is 7.97. The van der Waals surface area contributed by atoms with E-state index in [1.807, 2.05) is 32.2 Å². The Labute approximate surface area is 136 Å². The van der Waals surface area contributed by atoms with Crippen molar-refractivity contribution in [2.75, 3.05) is 40.3 Å². The Morgan fingerprint density at radius 2 is 1.95 bits per heavy atom. The standard InChI is InChI=1S/C17H21ClN4/c1-4-13-14-11-12(18)5-6-15(14)20-17(16(13)19-2)22-9-7-21(3)8-10-22/h4-6,11H,7-10H2,1-3H3. The molecule has 22 heavy (non-hydrogen) atoms. The van der Waals surface area contributed by atoms with Crippen LogP contribution in [0, 0.1) is 0 Å². The molecule has 0 unspecified atom stereocenters. The van der Waals surface area contributed by atoms with E-state index >= 15 is 0 Å². The van der Waals surface area contributed by atoms with E-state index in [0.717, 1.165) is 59.6 Å². The van der Waals surface area contributed by atoms with Gasteiger partial charge in [0.15, 0.2) is 5.84 Å². The highest BCUT2D eigenvalue weighted by Gasteiger charge is 2.28. The number of amidine groups is 1. The summed E-state index contributed by atoms with van der Waals surface area (Å²) in [6, 6.07) is 5.86. The van der Waals surface area contributed by atoms with E-state index in [4.69, 9.17) is 16.6 Å². The van der Waals surface area contributed by atoms with Gasteiger partial charge >= 0.3 is 0 Å². The number of allylic oxidation sites excluding steroid dienone is 1. The van der Waals surface area contributed by atoms with Crippen molar-refractivity contribution in [1.82, 2.24) is 9.80 Å². The third-order valence-electron chi connectivity index (χ3n) is 4.26. The van der Waals surface area contributed by atoms with Crippen LogP contribution in [0.4, 0.5) is 5.69 Å². The average Bonchev–Trinajstić information content (AvgIpc) is 2.53. The maximum absolute atomic E-state index is 6.16. The maximum Gasteiger partial charge on any atom is 0.155 e. The van der Waals surface area contributed by atoms with Crippen molar-refractivity contribution in [2.45, 2.75) is 6.92 Å². The van der Waals surface area contributed by atoms with Gasteiger partial charge in [0.2, 0.25) is 0 Å². The maximum atomic E-state index is 6.16. The van der Waals surface area contributed by atoms with E-state index in [1.165, 1.54) is 0 Å². The Kier molecular flexibility index (Phi) is 4.32. The highest BCUT2D eigenvalue weighted by Crippen LogP contribution is 2.35. The Hall–Kier alpha value is -1.65. The highest BCUT2D eigenvalue weighted by molar-refractivity contribution is 6.59. The molecule has 0 saturated carbocycles. The van der Waals surface area contributed by atoms with Crippen molar-refractivity contribution in [3.63, 3.8) is 0 Å². The third-order valence-corrected chi connectivity index (χ3v) is 4.49. The first-order chi connectivity index (χ1) is 10.6. The molecular formula is C17H21ClN4. The number of piperazine rings is 1. The predicted molar refractivity (Wildman–Crippen MR) is 94.6 cm³/mol. The molecule has 4 nitrogen and oxygen atoms in total. The van der Waals surface area contributed by atoms with Crippen LogP contribution in [0.5, 0.6) is 0 Å². The summed E-state index contributed by atoms with van der Waals surface area (Å²) in [6.07, 6.45) is 2.10. The lowest BCUT2D eigenvalue weighted by atomic mass is 9.95. The zero-order chi connectivity index (χ0) is 15.7. The normalized spacial score (nSPS) is 22.9. The van der Waals surface area contributed by atoms with E-state index < -0.39 is 0 Å². The molecule has 0 aromatic heterocycles. The molecule has 3 rings (SSSR count). The number of benzene rings is 1. The largest absolute Gasteiger partial charge is 0.352 e. The average molecular weight is 317 g/mol. The third kappa shape index (κ3) is 2.69. The smallest absolute Gasteiger partial charge is 0.155 e. The van der Waals surface area contributed by atoms with Gasteiger partial charge in [-0.15, -0.1) is 0 Å². The topological polar surface area (TPSA) is 31.2 Å². The number of aliphatic imine (C=N–C) groups is 2. The summed E-state index contributed by atoms with van der Waals surface area (Å²) in [5.74, 6) is 0.985. The minimum Gasteiger partial charge on any atom is -0.352 e. The minimum absolute atomic E-state index is 0.729. The molecule has 116 valence electrons. The molecule has 1 saturated heterocycles. The monoisotopic (exact) mass is 316 g/mol. The summed E-state index contributed by atoms with van der Waals surface area (Å²) in [6.45, 7) is 6.10. The molecule has 5 heteroatoms. The molecule has 0 N–H and O–H groups in total. The Morgan fingerprint density at radius 1 is 1.23 bits per heavy atom. The van der Waals surface area contributed by atoms with E-state index in [2.05, 4.69) is 27.9 Å². The first-order valence-electron chi connectivity index (χ1n) is 7.60. The molecule has 0 radical (unpaired) electrons. The van der Waals surface area contributed by atoms with Crippen LogP contribution in [0.3, 0.4) is 0 Å². The van der Waals surface area contributed by atoms with Crippen LogP contribution in [-0.4, -0.2) is 61.6 Å². The van der Waals surface area contributed by atoms with Gasteiger partial charge in [0, 0.05) is 49.4 Å². The quantitative estimate of drug-likeness (QED) is 0.736. The zero-order valence-electron chi connectivity index (χ0n) is 13.3. The van der Waals surface area contributed by atoms with Crippen LogP contribution in [0.1, 0.15) is 12.5 Å². The summed E-state index contributed by atoms with van der Waals surface area (Å²) in [5.41, 5.74) is 4.11. The van der Waals surface area contributed by atoms with Crippen molar-refractivity contribution in [3.05, 3.63) is 34.9 Å². The first kappa shape index (κ1) is 15.3. The van der Waals surface area contributed by atoms with Gasteiger partial charge in [0.1, 0.15) is 5.71 Å². The van der Waals surface area contributed by atoms with Crippen LogP contribution in [0.25, 0.3) is 5.57 Å². The van der Waals surface area contributed by atoms with Crippen molar-refractivity contribution in [1.29, 1.82) is 0 Å². The lowest BCUT2D eigenvalue weighted by Crippen LogP contribution is -2.49. The fourth-order valence-electron chi connectivity index (χ4n) is 2.99. The fraction of sp³-hybridized carbons (Fsp3) is 0.412. The van der Waals surface area contributed by atoms with Crippen LogP contribution >= 0.6 is 11.6 Å². The molecule has 2 heterocycles. The molecule has 1 fully saturated rings. The van der Waals surface area contributed by atoms with Gasteiger partial charge in [0.05, 0.1) is 5.69 Å². The minimum atomic E-state index is 0.729. The van der Waals surface area contributed by atoms with E-state index in [1.54, 1.807) is 0 Å². The van der Waals surface area contributed by atoms with Crippen molar-refractivity contribution in [2.24, 2.45) is 9.98 Å². The van der Waals surface area contributed by atoms with Crippen LogP contribution in [0.2, 0.25) is 5.02 Å². The number of rotatable bonds is 0. The zero-order valence-corrected chi connectivity index (χ0v) is 14.1. The second-order valence-corrected chi connectivity index (χ2v) is 6.10. The molecule has 0 amide bonds. The number of halogens is 1. The molecule has 1 aromatic rings. The van der Waals surface area contributed by atoms with Crippen LogP contribution < -0.4 is 0 Å². The van der Waals surface area contributed by atoms with Gasteiger partial charge in [0.25, 0.3) is 0 Å². The number of fused-ring (bicyclic) bond motifs is 1. The van der Waals surface area contributed by atoms with E-state index in [0.29, 0.717) is 0 Å². The molecular weight excluding hydrogens is 296 g/mol. The Bertz CT molecular complexity index is 667. The molecule has 1 aromatic carbocycles. The number of likely N-dealkylation sites (N-methyl/N-ethyl adjacent to an activating group) is 1. The summed E-state index contributed by atoms with van der Waals surface area (Å²) < 4.78 is 0. The van der Waals surface area contributed by atoms with E-state index in [-0.39, 0.29) is 0 Å². The molecule has 0 atom stereocenters. The van der Waals surface area contributed by atoms with Crippen molar-refractivity contribution < 1.29 is 0 Å². The van der Waals surface area contributed by atoms with Gasteiger partial charge in [-0.2, -0.15) is 0 Å². The summed E-state index contributed by atoms with van der Waals surface area (Å²) >= 11 is 6.16.